The van der Waals surface area contributed by atoms with Crippen molar-refractivity contribution in [2.75, 3.05) is 5.75 Å². The predicted octanol–water partition coefficient (Wildman–Crippen LogP) is 6.93. The second-order valence-electron chi connectivity index (χ2n) is 9.43. The van der Waals surface area contributed by atoms with Crippen molar-refractivity contribution in [2.24, 2.45) is 0 Å². The molecule has 2 amide bonds. The van der Waals surface area contributed by atoms with Gasteiger partial charge in [0.15, 0.2) is 0 Å². The fraction of sp³-hybridized carbons (Fsp3) is 0.333. The van der Waals surface area contributed by atoms with Gasteiger partial charge in [-0.05, 0) is 41.7 Å². The zero-order valence-electron chi connectivity index (χ0n) is 20.7. The Labute approximate surface area is 233 Å². The van der Waals surface area contributed by atoms with Crippen molar-refractivity contribution in [3.8, 4) is 0 Å². The van der Waals surface area contributed by atoms with Crippen LogP contribution in [0.4, 0.5) is 0 Å². The van der Waals surface area contributed by atoms with Crippen molar-refractivity contribution in [2.45, 2.75) is 56.5 Å². The molecule has 1 saturated carbocycles. The Morgan fingerprint density at radius 2 is 1.57 bits per heavy atom. The highest BCUT2D eigenvalue weighted by Crippen LogP contribution is 2.25. The number of rotatable bonds is 11. The summed E-state index contributed by atoms with van der Waals surface area (Å²) >= 11 is 14.2. The van der Waals surface area contributed by atoms with Gasteiger partial charge in [-0.25, -0.2) is 0 Å². The minimum atomic E-state index is -0.653. The lowest BCUT2D eigenvalue weighted by atomic mass is 10.0. The van der Waals surface area contributed by atoms with E-state index in [1.807, 2.05) is 54.6 Å². The molecule has 4 rings (SSSR count). The molecule has 1 unspecified atom stereocenters. The van der Waals surface area contributed by atoms with Crippen LogP contribution in [0.15, 0.2) is 78.9 Å². The Hall–Kier alpha value is -2.47. The standard InChI is InChI=1S/C30H32Cl2N2O2S/c31-25-16-15-24(27(32)18-25)19-34(29(35)21-37-20-23-11-5-2-6-12-23)28(17-22-9-3-1-4-10-22)30(36)33-26-13-7-8-14-26/h1-6,9-12,15-16,18,26,28H,7-8,13-14,17,19-21H2,(H,33,36). The molecule has 0 heterocycles. The number of amides is 2. The normalized spacial score (nSPS) is 14.3. The lowest BCUT2D eigenvalue weighted by molar-refractivity contribution is -0.139. The largest absolute Gasteiger partial charge is 0.352 e. The minimum Gasteiger partial charge on any atom is -0.352 e. The van der Waals surface area contributed by atoms with E-state index in [2.05, 4.69) is 17.4 Å². The molecule has 0 radical (unpaired) electrons. The number of hydrogen-bond acceptors (Lipinski definition) is 3. The number of hydrogen-bond donors (Lipinski definition) is 1. The molecule has 4 nitrogen and oxygen atoms in total. The van der Waals surface area contributed by atoms with E-state index in [0.29, 0.717) is 16.5 Å². The second-order valence-corrected chi connectivity index (χ2v) is 11.3. The van der Waals surface area contributed by atoms with E-state index in [0.717, 1.165) is 48.1 Å². The van der Waals surface area contributed by atoms with Gasteiger partial charge in [0.1, 0.15) is 6.04 Å². The summed E-state index contributed by atoms with van der Waals surface area (Å²) in [5, 5.41) is 4.25. The van der Waals surface area contributed by atoms with Crippen LogP contribution in [0.3, 0.4) is 0 Å². The summed E-state index contributed by atoms with van der Waals surface area (Å²) in [4.78, 5) is 29.2. The van der Waals surface area contributed by atoms with Crippen LogP contribution < -0.4 is 5.32 Å². The molecule has 0 saturated heterocycles. The van der Waals surface area contributed by atoms with Crippen molar-refractivity contribution in [1.82, 2.24) is 10.2 Å². The Morgan fingerprint density at radius 3 is 2.22 bits per heavy atom. The topological polar surface area (TPSA) is 49.4 Å². The van der Waals surface area contributed by atoms with Crippen LogP contribution in [0, 0.1) is 0 Å². The van der Waals surface area contributed by atoms with Crippen LogP contribution in [-0.4, -0.2) is 34.6 Å². The first-order valence-corrected chi connectivity index (χ1v) is 14.6. The minimum absolute atomic E-state index is 0.0885. The fourth-order valence-corrected chi connectivity index (χ4v) is 6.01. The summed E-state index contributed by atoms with van der Waals surface area (Å²) in [5.74, 6) is 0.790. The zero-order chi connectivity index (χ0) is 26.0. The first-order valence-electron chi connectivity index (χ1n) is 12.7. The van der Waals surface area contributed by atoms with Gasteiger partial charge in [0, 0.05) is 34.8 Å². The molecule has 0 aromatic heterocycles. The molecule has 194 valence electrons. The third kappa shape index (κ3) is 8.26. The smallest absolute Gasteiger partial charge is 0.243 e. The van der Waals surface area contributed by atoms with Crippen molar-refractivity contribution < 1.29 is 9.59 Å². The Morgan fingerprint density at radius 1 is 0.919 bits per heavy atom. The van der Waals surface area contributed by atoms with Crippen molar-refractivity contribution >= 4 is 46.8 Å². The number of nitrogens with zero attached hydrogens (tertiary/aromatic N) is 1. The Bertz CT molecular complexity index is 1170. The first kappa shape index (κ1) is 27.6. The average Bonchev–Trinajstić information content (AvgIpc) is 3.41. The molecule has 37 heavy (non-hydrogen) atoms. The third-order valence-electron chi connectivity index (χ3n) is 6.67. The van der Waals surface area contributed by atoms with Crippen LogP contribution in [-0.2, 0) is 28.3 Å². The van der Waals surface area contributed by atoms with E-state index in [1.54, 1.807) is 28.8 Å². The average molecular weight is 556 g/mol. The first-order chi connectivity index (χ1) is 18.0. The molecule has 1 atom stereocenters. The highest BCUT2D eigenvalue weighted by Gasteiger charge is 2.32. The third-order valence-corrected chi connectivity index (χ3v) is 8.24. The summed E-state index contributed by atoms with van der Waals surface area (Å²) in [6.45, 7) is 0.232. The summed E-state index contributed by atoms with van der Waals surface area (Å²) < 4.78 is 0. The Balaban J connectivity index is 1.59. The number of carbonyl (C=O) groups is 2. The molecule has 1 fully saturated rings. The van der Waals surface area contributed by atoms with Crippen LogP contribution in [0.5, 0.6) is 0 Å². The van der Waals surface area contributed by atoms with E-state index in [9.17, 15) is 9.59 Å². The maximum atomic E-state index is 13.7. The van der Waals surface area contributed by atoms with Gasteiger partial charge in [0.25, 0.3) is 0 Å². The maximum Gasteiger partial charge on any atom is 0.243 e. The van der Waals surface area contributed by atoms with Gasteiger partial charge in [-0.3, -0.25) is 9.59 Å². The molecular formula is C30H32Cl2N2O2S. The fourth-order valence-electron chi connectivity index (χ4n) is 4.67. The molecule has 0 bridgehead atoms. The van der Waals surface area contributed by atoms with E-state index in [4.69, 9.17) is 23.2 Å². The van der Waals surface area contributed by atoms with Gasteiger partial charge >= 0.3 is 0 Å². The van der Waals surface area contributed by atoms with Crippen LogP contribution >= 0.6 is 35.0 Å². The molecule has 1 aliphatic carbocycles. The van der Waals surface area contributed by atoms with Gasteiger partial charge in [0.2, 0.25) is 11.8 Å². The molecule has 1 aliphatic rings. The van der Waals surface area contributed by atoms with Crippen molar-refractivity contribution in [1.29, 1.82) is 0 Å². The van der Waals surface area contributed by atoms with E-state index in [-0.39, 0.29) is 30.2 Å². The quantitative estimate of drug-likeness (QED) is 0.279. The number of carbonyl (C=O) groups excluding carboxylic acids is 2. The summed E-state index contributed by atoms with van der Waals surface area (Å²) in [7, 11) is 0. The highest BCUT2D eigenvalue weighted by molar-refractivity contribution is 7.99. The maximum absolute atomic E-state index is 13.7. The Kier molecular flexibility index (Phi) is 10.4. The van der Waals surface area contributed by atoms with Gasteiger partial charge in [-0.2, -0.15) is 0 Å². The molecule has 7 heteroatoms. The molecule has 3 aromatic carbocycles. The van der Waals surface area contributed by atoms with Crippen LogP contribution in [0.1, 0.15) is 42.4 Å². The second kappa shape index (κ2) is 13.9. The van der Waals surface area contributed by atoms with E-state index in [1.165, 1.54) is 0 Å². The van der Waals surface area contributed by atoms with Gasteiger partial charge in [0.05, 0.1) is 5.75 Å². The SMILES string of the molecule is O=C(NC1CCCC1)C(Cc1ccccc1)N(Cc1ccc(Cl)cc1Cl)C(=O)CSCc1ccccc1. The van der Waals surface area contributed by atoms with E-state index >= 15 is 0 Å². The predicted molar refractivity (Wildman–Crippen MR) is 154 cm³/mol. The molecule has 1 N–H and O–H groups in total. The van der Waals surface area contributed by atoms with Gasteiger partial charge in [-0.15, -0.1) is 11.8 Å². The highest BCUT2D eigenvalue weighted by atomic mass is 35.5. The van der Waals surface area contributed by atoms with Crippen molar-refractivity contribution in [3.63, 3.8) is 0 Å². The summed E-state index contributed by atoms with van der Waals surface area (Å²) in [5.41, 5.74) is 2.93. The van der Waals surface area contributed by atoms with Crippen molar-refractivity contribution in [3.05, 3.63) is 106 Å². The monoisotopic (exact) mass is 554 g/mol. The van der Waals surface area contributed by atoms with Gasteiger partial charge < -0.3 is 10.2 Å². The molecule has 0 aliphatic heterocycles. The molecule has 3 aromatic rings. The lowest BCUT2D eigenvalue weighted by Crippen LogP contribution is -2.52. The number of benzene rings is 3. The lowest BCUT2D eigenvalue weighted by Gasteiger charge is -2.32. The summed E-state index contributed by atoms with van der Waals surface area (Å²) in [6, 6.07) is 24.7. The number of halogens is 2. The zero-order valence-corrected chi connectivity index (χ0v) is 23.1. The molecular weight excluding hydrogens is 523 g/mol. The number of thioether (sulfide) groups is 1. The number of nitrogens with one attached hydrogen (secondary N) is 1. The van der Waals surface area contributed by atoms with Crippen LogP contribution in [0.2, 0.25) is 10.0 Å². The van der Waals surface area contributed by atoms with E-state index < -0.39 is 6.04 Å². The van der Waals surface area contributed by atoms with Crippen LogP contribution in [0.25, 0.3) is 0 Å². The van der Waals surface area contributed by atoms with Gasteiger partial charge in [-0.1, -0.05) is 103 Å². The molecule has 0 spiro atoms. The summed E-state index contributed by atoms with van der Waals surface area (Å²) in [6.07, 6.45) is 4.63.